The lowest BCUT2D eigenvalue weighted by atomic mass is 10.0. The first-order chi connectivity index (χ1) is 34.5. The minimum Gasteiger partial charge on any atom is -0.391 e. The molecule has 0 rings (SSSR count). The van der Waals surface area contributed by atoms with Gasteiger partial charge in [0.05, 0.1) is 39.9 Å². The molecule has 0 aliphatic carbocycles. The van der Waals surface area contributed by atoms with E-state index in [-0.39, 0.29) is 19.1 Å². The zero-order valence-electron chi connectivity index (χ0n) is 48.8. The first-order valence-corrected chi connectivity index (χ1v) is 33.4. The van der Waals surface area contributed by atoms with E-state index in [4.69, 9.17) is 9.05 Å². The Morgan fingerprint density at radius 3 is 0.944 bits per heavy atom. The summed E-state index contributed by atoms with van der Waals surface area (Å²) < 4.78 is 23.7. The minimum atomic E-state index is -4.31. The molecule has 8 nitrogen and oxygen atoms in total. The van der Waals surface area contributed by atoms with Gasteiger partial charge in [-0.3, -0.25) is 13.8 Å². The van der Waals surface area contributed by atoms with Gasteiger partial charge >= 0.3 is 7.82 Å². The van der Waals surface area contributed by atoms with Crippen LogP contribution in [0, 0.1) is 0 Å². The summed E-state index contributed by atoms with van der Waals surface area (Å²) in [6.45, 7) is 4.92. The van der Waals surface area contributed by atoms with Gasteiger partial charge in [-0.25, -0.2) is 4.57 Å². The predicted molar refractivity (Wildman–Crippen MR) is 309 cm³/mol. The van der Waals surface area contributed by atoms with Crippen molar-refractivity contribution in [2.24, 2.45) is 0 Å². The maximum absolute atomic E-state index is 13.0. The Balaban J connectivity index is 3.74. The summed E-state index contributed by atoms with van der Waals surface area (Å²) in [5, 5.41) is 14.0. The number of hydrogen-bond donors (Lipinski definition) is 3. The van der Waals surface area contributed by atoms with Crippen molar-refractivity contribution < 1.29 is 32.9 Å². The number of nitrogens with zero attached hydrogens (tertiary/aromatic N) is 1. The van der Waals surface area contributed by atoms with E-state index in [1.807, 2.05) is 21.1 Å². The van der Waals surface area contributed by atoms with E-state index in [0.29, 0.717) is 23.9 Å². The van der Waals surface area contributed by atoms with Crippen molar-refractivity contribution in [3.63, 3.8) is 0 Å². The summed E-state index contributed by atoms with van der Waals surface area (Å²) in [4.78, 5) is 23.2. The molecule has 426 valence electrons. The molecule has 0 radical (unpaired) electrons. The number of aliphatic hydroxyl groups is 1. The number of phosphoric acid groups is 1. The highest BCUT2D eigenvalue weighted by Crippen LogP contribution is 2.43. The first kappa shape index (κ1) is 70.5. The number of carbonyl (C=O) groups excluding carboxylic acids is 1. The average Bonchev–Trinajstić information content (AvgIpc) is 3.33. The van der Waals surface area contributed by atoms with Gasteiger partial charge in [0.1, 0.15) is 13.2 Å². The highest BCUT2D eigenvalue weighted by atomic mass is 31.2. The van der Waals surface area contributed by atoms with E-state index >= 15 is 0 Å². The number of nitrogens with one attached hydrogen (secondary N) is 1. The normalized spacial score (nSPS) is 13.7. The van der Waals surface area contributed by atoms with Gasteiger partial charge in [0, 0.05) is 6.42 Å². The molecular weight excluding hydrogens is 900 g/mol. The standard InChI is InChI=1S/C62H127N2O6P/c1-6-8-10-12-14-16-18-19-20-21-22-23-24-25-26-27-28-29-30-31-32-33-34-35-36-37-38-39-40-41-42-43-44-45-46-48-50-52-54-56-62(66)63-60(59-70-71(67,68)69-58-57-64(3,4)5)61(65)55-53-51-49-47-17-15-13-11-9-7-2/h60-61,65H,6-59H2,1-5H3,(H-,63,66,67,68)/p+1. The van der Waals surface area contributed by atoms with E-state index < -0.39 is 20.0 Å². The van der Waals surface area contributed by atoms with E-state index in [2.05, 4.69) is 19.2 Å². The number of hydrogen-bond acceptors (Lipinski definition) is 5. The van der Waals surface area contributed by atoms with Gasteiger partial charge in [-0.05, 0) is 12.8 Å². The second-order valence-electron chi connectivity index (χ2n) is 23.5. The molecule has 0 aromatic rings. The fourth-order valence-electron chi connectivity index (χ4n) is 10.1. The molecular formula is C62H128N2O6P+. The van der Waals surface area contributed by atoms with Crippen LogP contribution in [0.15, 0.2) is 0 Å². The zero-order valence-corrected chi connectivity index (χ0v) is 49.7. The Kier molecular flexibility index (Phi) is 53.9. The topological polar surface area (TPSA) is 105 Å². The number of carbonyl (C=O) groups is 1. The third-order valence-corrected chi connectivity index (χ3v) is 16.1. The van der Waals surface area contributed by atoms with Crippen molar-refractivity contribution >= 4 is 13.7 Å². The van der Waals surface area contributed by atoms with Crippen LogP contribution in [0.1, 0.15) is 341 Å². The van der Waals surface area contributed by atoms with Crippen LogP contribution in [-0.2, 0) is 18.4 Å². The molecule has 1 amide bonds. The van der Waals surface area contributed by atoms with Crippen molar-refractivity contribution in [2.45, 2.75) is 353 Å². The van der Waals surface area contributed by atoms with Crippen molar-refractivity contribution in [3.8, 4) is 0 Å². The molecule has 9 heteroatoms. The molecule has 0 saturated heterocycles. The lowest BCUT2D eigenvalue weighted by Crippen LogP contribution is -2.46. The highest BCUT2D eigenvalue weighted by Gasteiger charge is 2.28. The molecule has 0 saturated carbocycles. The summed E-state index contributed by atoms with van der Waals surface area (Å²) in [6.07, 6.45) is 66.5. The minimum absolute atomic E-state index is 0.0786. The largest absolute Gasteiger partial charge is 0.472 e. The molecule has 0 bridgehead atoms. The SMILES string of the molecule is CCCCCCCCCCCCCCCCCCCCCCCCCCCCCCCCCCCCCCCCCC(=O)NC(COP(=O)(O)OCC[N+](C)(C)C)C(O)CCCCCCCCCCCC. The van der Waals surface area contributed by atoms with Crippen molar-refractivity contribution in [3.05, 3.63) is 0 Å². The fourth-order valence-corrected chi connectivity index (χ4v) is 10.8. The van der Waals surface area contributed by atoms with E-state index in [9.17, 15) is 19.4 Å². The Labute approximate surface area is 444 Å². The summed E-state index contributed by atoms with van der Waals surface area (Å²) in [5.41, 5.74) is 0. The molecule has 0 aromatic carbocycles. The van der Waals surface area contributed by atoms with Crippen LogP contribution in [-0.4, -0.2) is 73.4 Å². The number of likely N-dealkylation sites (N-methyl/N-ethyl adjacent to an activating group) is 1. The average molecular weight is 1030 g/mol. The van der Waals surface area contributed by atoms with Crippen molar-refractivity contribution in [1.29, 1.82) is 0 Å². The molecule has 3 unspecified atom stereocenters. The predicted octanol–water partition coefficient (Wildman–Crippen LogP) is 19.6. The molecule has 0 spiro atoms. The van der Waals surface area contributed by atoms with Crippen LogP contribution in [0.3, 0.4) is 0 Å². The van der Waals surface area contributed by atoms with Crippen LogP contribution in [0.4, 0.5) is 0 Å². The summed E-state index contributed by atoms with van der Waals surface area (Å²) in [7, 11) is 1.63. The quantitative estimate of drug-likeness (QED) is 0.0318. The molecule has 0 aliphatic rings. The third-order valence-electron chi connectivity index (χ3n) is 15.1. The molecule has 3 atom stereocenters. The number of rotatable bonds is 60. The number of amides is 1. The number of phosphoric ester groups is 1. The van der Waals surface area contributed by atoms with Crippen molar-refractivity contribution in [1.82, 2.24) is 5.32 Å². The number of unbranched alkanes of at least 4 members (excludes halogenated alkanes) is 47. The van der Waals surface area contributed by atoms with E-state index in [0.717, 1.165) is 38.5 Å². The monoisotopic (exact) mass is 1030 g/mol. The fraction of sp³-hybridized carbons (Fsp3) is 0.984. The molecule has 3 N–H and O–H groups in total. The number of aliphatic hydroxyl groups excluding tert-OH is 1. The lowest BCUT2D eigenvalue weighted by Gasteiger charge is -2.26. The lowest BCUT2D eigenvalue weighted by molar-refractivity contribution is -0.870. The van der Waals surface area contributed by atoms with Crippen LogP contribution < -0.4 is 5.32 Å². The second kappa shape index (κ2) is 54.3. The third kappa shape index (κ3) is 57.1. The van der Waals surface area contributed by atoms with Crippen LogP contribution in [0.25, 0.3) is 0 Å². The van der Waals surface area contributed by atoms with Gasteiger partial charge in [0.25, 0.3) is 0 Å². The Morgan fingerprint density at radius 1 is 0.423 bits per heavy atom. The zero-order chi connectivity index (χ0) is 52.0. The first-order valence-electron chi connectivity index (χ1n) is 31.9. The second-order valence-corrected chi connectivity index (χ2v) is 25.0. The maximum atomic E-state index is 13.0. The van der Waals surface area contributed by atoms with Gasteiger partial charge in [-0.2, -0.15) is 0 Å². The molecule has 0 aliphatic heterocycles. The molecule has 0 heterocycles. The summed E-state index contributed by atoms with van der Waals surface area (Å²) in [5.74, 6) is -0.138. The molecule has 71 heavy (non-hydrogen) atoms. The van der Waals surface area contributed by atoms with Gasteiger partial charge < -0.3 is 19.8 Å². The molecule has 0 fully saturated rings. The van der Waals surface area contributed by atoms with Crippen LogP contribution in [0.2, 0.25) is 0 Å². The van der Waals surface area contributed by atoms with Crippen molar-refractivity contribution in [2.75, 3.05) is 40.9 Å². The van der Waals surface area contributed by atoms with Gasteiger partial charge in [0.2, 0.25) is 5.91 Å². The smallest absolute Gasteiger partial charge is 0.391 e. The molecule has 0 aromatic heterocycles. The Morgan fingerprint density at radius 2 is 0.676 bits per heavy atom. The summed E-state index contributed by atoms with van der Waals surface area (Å²) in [6, 6.07) is -0.754. The Hall–Kier alpha value is -0.500. The van der Waals surface area contributed by atoms with Crippen LogP contribution >= 0.6 is 7.82 Å². The van der Waals surface area contributed by atoms with E-state index in [1.165, 1.54) is 276 Å². The highest BCUT2D eigenvalue weighted by molar-refractivity contribution is 7.47. The Bertz CT molecular complexity index is 1120. The van der Waals surface area contributed by atoms with Gasteiger partial charge in [0.15, 0.2) is 0 Å². The van der Waals surface area contributed by atoms with Gasteiger partial charge in [-0.1, -0.05) is 322 Å². The van der Waals surface area contributed by atoms with Gasteiger partial charge in [-0.15, -0.1) is 0 Å². The van der Waals surface area contributed by atoms with E-state index in [1.54, 1.807) is 0 Å². The van der Waals surface area contributed by atoms with Crippen LogP contribution in [0.5, 0.6) is 0 Å². The maximum Gasteiger partial charge on any atom is 0.472 e. The number of quaternary nitrogens is 1. The summed E-state index contributed by atoms with van der Waals surface area (Å²) >= 11 is 0.